The molecule has 0 aromatic carbocycles. The summed E-state index contributed by atoms with van der Waals surface area (Å²) in [6.45, 7) is 5.43. The van der Waals surface area contributed by atoms with Crippen LogP contribution in [0.25, 0.3) is 0 Å². The van der Waals surface area contributed by atoms with Crippen molar-refractivity contribution < 1.29 is 13.9 Å². The number of hydrogen-bond acceptors (Lipinski definition) is 5. The van der Waals surface area contributed by atoms with E-state index < -0.39 is 11.6 Å². The molecule has 0 radical (unpaired) electrons. The summed E-state index contributed by atoms with van der Waals surface area (Å²) in [5, 5.41) is 8.52. The van der Waals surface area contributed by atoms with E-state index >= 15 is 0 Å². The van der Waals surface area contributed by atoms with Gasteiger partial charge in [-0.05, 0) is 42.8 Å². The highest BCUT2D eigenvalue weighted by Gasteiger charge is 2.16. The van der Waals surface area contributed by atoms with Crippen LogP contribution < -0.4 is 11.0 Å². The molecule has 0 saturated carbocycles. The molecule has 10 heteroatoms. The van der Waals surface area contributed by atoms with E-state index in [9.17, 15) is 14.0 Å². The number of aromatic nitrogens is 3. The lowest BCUT2D eigenvalue weighted by Crippen LogP contribution is -2.41. The van der Waals surface area contributed by atoms with Crippen LogP contribution in [0.15, 0.2) is 38.9 Å². The van der Waals surface area contributed by atoms with Gasteiger partial charge in [0.1, 0.15) is 12.9 Å². The normalized spacial score (nSPS) is 12.3. The van der Waals surface area contributed by atoms with Crippen molar-refractivity contribution in [2.45, 2.75) is 39.4 Å². The van der Waals surface area contributed by atoms with E-state index in [2.05, 4.69) is 26.3 Å². The Morgan fingerprint density at radius 1 is 1.50 bits per heavy atom. The summed E-state index contributed by atoms with van der Waals surface area (Å²) in [6.07, 6.45) is 1.07. The predicted octanol–water partition coefficient (Wildman–Crippen LogP) is 3.30. The SMILES string of the molecule is CC(C)(C)NC(=O)OCC(=CF)Cn1ncn(Cc2cc(Br)cs2)c1=O. The number of nitrogens with zero attached hydrogens (tertiary/aromatic N) is 3. The minimum Gasteiger partial charge on any atom is -0.445 e. The van der Waals surface area contributed by atoms with Crippen LogP contribution in [0.2, 0.25) is 0 Å². The van der Waals surface area contributed by atoms with E-state index in [-0.39, 0.29) is 24.4 Å². The standard InChI is InChI=1S/C16H20BrFN4O3S/c1-16(2,3)20-14(23)25-8-11(5-18)6-22-15(24)21(10-19-22)7-13-4-12(17)9-26-13/h4-5,9-10H,6-8H2,1-3H3,(H,20,23). The molecule has 1 amide bonds. The van der Waals surface area contributed by atoms with Gasteiger partial charge in [-0.25, -0.2) is 18.7 Å². The Morgan fingerprint density at radius 2 is 2.23 bits per heavy atom. The monoisotopic (exact) mass is 446 g/mol. The van der Waals surface area contributed by atoms with Crippen molar-refractivity contribution in [2.24, 2.45) is 0 Å². The topological polar surface area (TPSA) is 78.2 Å². The fourth-order valence-corrected chi connectivity index (χ4v) is 3.45. The second kappa shape index (κ2) is 8.63. The molecular weight excluding hydrogens is 427 g/mol. The van der Waals surface area contributed by atoms with Crippen LogP contribution in [0.5, 0.6) is 0 Å². The molecule has 7 nitrogen and oxygen atoms in total. The largest absolute Gasteiger partial charge is 0.445 e. The first-order chi connectivity index (χ1) is 12.2. The maximum atomic E-state index is 13.1. The summed E-state index contributed by atoms with van der Waals surface area (Å²) in [5.74, 6) is 0. The van der Waals surface area contributed by atoms with Crippen molar-refractivity contribution in [1.29, 1.82) is 0 Å². The average Bonchev–Trinajstić information content (AvgIpc) is 3.09. The van der Waals surface area contributed by atoms with Gasteiger partial charge in [0.05, 0.1) is 19.4 Å². The fraction of sp³-hybridized carbons (Fsp3) is 0.438. The van der Waals surface area contributed by atoms with E-state index in [0.29, 0.717) is 12.9 Å². The number of alkyl carbamates (subject to hydrolysis) is 1. The molecule has 2 aromatic heterocycles. The molecule has 0 saturated heterocycles. The van der Waals surface area contributed by atoms with Gasteiger partial charge in [-0.3, -0.25) is 4.57 Å². The van der Waals surface area contributed by atoms with Gasteiger partial charge in [0.15, 0.2) is 0 Å². The van der Waals surface area contributed by atoms with Crippen molar-refractivity contribution in [3.05, 3.63) is 49.5 Å². The molecule has 2 aromatic rings. The minimum absolute atomic E-state index is 0.0980. The maximum absolute atomic E-state index is 13.1. The summed E-state index contributed by atoms with van der Waals surface area (Å²) in [5.41, 5.74) is -0.698. The second-order valence-corrected chi connectivity index (χ2v) is 8.56. The van der Waals surface area contributed by atoms with Crippen LogP contribution in [0, 0.1) is 0 Å². The van der Waals surface area contributed by atoms with Crippen LogP contribution in [-0.4, -0.2) is 32.6 Å². The van der Waals surface area contributed by atoms with Gasteiger partial charge < -0.3 is 10.1 Å². The number of carbonyl (C=O) groups is 1. The summed E-state index contributed by atoms with van der Waals surface area (Å²) in [6, 6.07) is 1.92. The third-order valence-corrected chi connectivity index (χ3v) is 4.80. The molecule has 0 unspecified atom stereocenters. The third kappa shape index (κ3) is 6.10. The summed E-state index contributed by atoms with van der Waals surface area (Å²) in [4.78, 5) is 25.0. The lowest BCUT2D eigenvalue weighted by atomic mass is 10.1. The van der Waals surface area contributed by atoms with E-state index in [0.717, 1.165) is 14.0 Å². The summed E-state index contributed by atoms with van der Waals surface area (Å²) in [7, 11) is 0. The van der Waals surface area contributed by atoms with Crippen LogP contribution in [-0.2, 0) is 17.8 Å². The Bertz CT molecular complexity index is 850. The highest BCUT2D eigenvalue weighted by atomic mass is 79.9. The zero-order valence-electron chi connectivity index (χ0n) is 14.7. The number of carbonyl (C=O) groups excluding carboxylic acids is 1. The van der Waals surface area contributed by atoms with E-state index in [1.165, 1.54) is 22.2 Å². The molecule has 0 aliphatic heterocycles. The molecule has 2 rings (SSSR count). The van der Waals surface area contributed by atoms with Crippen molar-refractivity contribution in [3.63, 3.8) is 0 Å². The first-order valence-corrected chi connectivity index (χ1v) is 9.43. The number of amides is 1. The van der Waals surface area contributed by atoms with Gasteiger partial charge in [-0.1, -0.05) is 0 Å². The maximum Gasteiger partial charge on any atom is 0.407 e. The zero-order valence-corrected chi connectivity index (χ0v) is 17.1. The lowest BCUT2D eigenvalue weighted by Gasteiger charge is -2.20. The van der Waals surface area contributed by atoms with Crippen molar-refractivity contribution in [3.8, 4) is 0 Å². The highest BCUT2D eigenvalue weighted by Crippen LogP contribution is 2.20. The van der Waals surface area contributed by atoms with Crippen molar-refractivity contribution in [2.75, 3.05) is 6.61 Å². The Labute approximate surface area is 162 Å². The molecule has 0 aliphatic carbocycles. The molecule has 0 spiro atoms. The summed E-state index contributed by atoms with van der Waals surface area (Å²) < 4.78 is 21.6. The van der Waals surface area contributed by atoms with E-state index in [4.69, 9.17) is 4.74 Å². The minimum atomic E-state index is -0.655. The highest BCUT2D eigenvalue weighted by molar-refractivity contribution is 9.10. The zero-order chi connectivity index (χ0) is 19.3. The van der Waals surface area contributed by atoms with Gasteiger partial charge >= 0.3 is 11.8 Å². The average molecular weight is 447 g/mol. The number of rotatable bonds is 6. The van der Waals surface area contributed by atoms with Crippen molar-refractivity contribution >= 4 is 33.4 Å². The first-order valence-electron chi connectivity index (χ1n) is 7.76. The van der Waals surface area contributed by atoms with Gasteiger partial charge in [0.25, 0.3) is 0 Å². The van der Waals surface area contributed by atoms with E-state index in [1.807, 2.05) is 11.4 Å². The Hall–Kier alpha value is -1.94. The van der Waals surface area contributed by atoms with Crippen LogP contribution in [0.4, 0.5) is 9.18 Å². The molecule has 1 N–H and O–H groups in total. The number of halogens is 2. The Kier molecular flexibility index (Phi) is 6.76. The molecule has 26 heavy (non-hydrogen) atoms. The van der Waals surface area contributed by atoms with Crippen LogP contribution in [0.3, 0.4) is 0 Å². The smallest absolute Gasteiger partial charge is 0.407 e. The molecule has 0 atom stereocenters. The fourth-order valence-electron chi connectivity index (χ4n) is 2.00. The van der Waals surface area contributed by atoms with E-state index in [1.54, 1.807) is 20.8 Å². The Balaban J connectivity index is 1.96. The number of thiophene rings is 1. The number of ether oxygens (including phenoxy) is 1. The summed E-state index contributed by atoms with van der Waals surface area (Å²) >= 11 is 4.88. The molecular formula is C16H20BrFN4O3S. The molecule has 2 heterocycles. The molecule has 0 bridgehead atoms. The van der Waals surface area contributed by atoms with Gasteiger partial charge in [-0.15, -0.1) is 11.3 Å². The van der Waals surface area contributed by atoms with Gasteiger partial charge in [-0.2, -0.15) is 5.10 Å². The Morgan fingerprint density at radius 3 is 2.81 bits per heavy atom. The van der Waals surface area contributed by atoms with Crippen LogP contribution in [0.1, 0.15) is 25.6 Å². The number of nitrogens with one attached hydrogen (secondary N) is 1. The first kappa shape index (κ1) is 20.4. The third-order valence-electron chi connectivity index (χ3n) is 3.12. The van der Waals surface area contributed by atoms with Gasteiger partial charge in [0.2, 0.25) is 0 Å². The second-order valence-electron chi connectivity index (χ2n) is 6.65. The van der Waals surface area contributed by atoms with Gasteiger partial charge in [0, 0.05) is 25.8 Å². The predicted molar refractivity (Wildman–Crippen MR) is 101 cm³/mol. The van der Waals surface area contributed by atoms with Crippen molar-refractivity contribution in [1.82, 2.24) is 19.7 Å². The lowest BCUT2D eigenvalue weighted by molar-refractivity contribution is 0.145. The molecule has 0 aliphatic rings. The quantitative estimate of drug-likeness (QED) is 0.737. The van der Waals surface area contributed by atoms with Crippen LogP contribution >= 0.6 is 27.3 Å². The molecule has 142 valence electrons. The molecule has 0 fully saturated rings. The number of hydrogen-bond donors (Lipinski definition) is 1.